The Balaban J connectivity index is 1.90. The maximum absolute atomic E-state index is 6.73. The van der Waals surface area contributed by atoms with E-state index in [4.69, 9.17) is 4.74 Å². The molecule has 0 radical (unpaired) electrons. The van der Waals surface area contributed by atoms with Crippen LogP contribution in [0.5, 0.6) is 0 Å². The van der Waals surface area contributed by atoms with E-state index in [1.54, 1.807) is 5.19 Å². The van der Waals surface area contributed by atoms with Crippen LogP contribution in [-0.4, -0.2) is 19.3 Å². The molecule has 1 aromatic rings. The third kappa shape index (κ3) is 2.73. The second kappa shape index (κ2) is 5.24. The largest absolute Gasteiger partial charge is 0.369 e. The molecule has 2 heteroatoms. The van der Waals surface area contributed by atoms with Crippen molar-refractivity contribution in [2.24, 2.45) is 0 Å². The Bertz CT molecular complexity index is 486. The van der Waals surface area contributed by atoms with Gasteiger partial charge in [0.2, 0.25) is 0 Å². The lowest BCUT2D eigenvalue weighted by atomic mass is 9.82. The Morgan fingerprint density at radius 3 is 2.24 bits per heavy atom. The molecule has 1 aromatic carbocycles. The zero-order valence-electron chi connectivity index (χ0n) is 14.1. The monoisotopic (exact) mass is 302 g/mol. The fourth-order valence-corrected chi connectivity index (χ4v) is 9.12. The van der Waals surface area contributed by atoms with Crippen LogP contribution in [0, 0.1) is 0 Å². The molecule has 1 heterocycles. The molecule has 2 aliphatic rings. The Labute approximate surface area is 131 Å². The predicted octanol–water partition coefficient (Wildman–Crippen LogP) is 4.87. The molecule has 1 aliphatic heterocycles. The van der Waals surface area contributed by atoms with Crippen LogP contribution in [-0.2, 0) is 4.74 Å². The quantitative estimate of drug-likeness (QED) is 0.708. The SMILES string of the molecule is CC1(C)OC2(CCCCC2)CC1[Si](C)(C)c1ccccc1. The van der Waals surface area contributed by atoms with Crippen molar-refractivity contribution < 1.29 is 4.74 Å². The molecule has 116 valence electrons. The molecule has 2 fully saturated rings. The first kappa shape index (κ1) is 15.3. The molecule has 0 amide bonds. The topological polar surface area (TPSA) is 9.23 Å². The fourth-order valence-electron chi connectivity index (χ4n) is 4.98. The van der Waals surface area contributed by atoms with Crippen molar-refractivity contribution in [3.05, 3.63) is 30.3 Å². The van der Waals surface area contributed by atoms with E-state index in [-0.39, 0.29) is 11.2 Å². The smallest absolute Gasteiger partial charge is 0.0866 e. The summed E-state index contributed by atoms with van der Waals surface area (Å²) in [6, 6.07) is 11.2. The highest BCUT2D eigenvalue weighted by atomic mass is 28.3. The summed E-state index contributed by atoms with van der Waals surface area (Å²) >= 11 is 0. The molecule has 0 N–H and O–H groups in total. The van der Waals surface area contributed by atoms with Gasteiger partial charge in [0.25, 0.3) is 0 Å². The van der Waals surface area contributed by atoms with Gasteiger partial charge in [-0.25, -0.2) is 0 Å². The lowest BCUT2D eigenvalue weighted by molar-refractivity contribution is -0.103. The summed E-state index contributed by atoms with van der Waals surface area (Å²) < 4.78 is 6.73. The highest BCUT2D eigenvalue weighted by Crippen LogP contribution is 2.55. The number of ether oxygens (including phenoxy) is 1. The number of hydrogen-bond acceptors (Lipinski definition) is 1. The van der Waals surface area contributed by atoms with Crippen LogP contribution in [0.2, 0.25) is 18.6 Å². The van der Waals surface area contributed by atoms with E-state index in [1.165, 1.54) is 38.5 Å². The van der Waals surface area contributed by atoms with E-state index in [9.17, 15) is 0 Å². The van der Waals surface area contributed by atoms with Crippen LogP contribution in [0.15, 0.2) is 30.3 Å². The molecule has 0 bridgehead atoms. The maximum Gasteiger partial charge on any atom is 0.0866 e. The molecular weight excluding hydrogens is 272 g/mol. The zero-order chi connectivity index (χ0) is 15.1. The van der Waals surface area contributed by atoms with E-state index in [0.717, 1.165) is 0 Å². The van der Waals surface area contributed by atoms with Crippen molar-refractivity contribution in [2.45, 2.75) is 82.2 Å². The first-order valence-electron chi connectivity index (χ1n) is 8.62. The van der Waals surface area contributed by atoms with Crippen LogP contribution in [0.1, 0.15) is 52.4 Å². The van der Waals surface area contributed by atoms with Gasteiger partial charge in [-0.1, -0.05) is 67.9 Å². The first-order chi connectivity index (χ1) is 9.86. The van der Waals surface area contributed by atoms with Gasteiger partial charge in [-0.3, -0.25) is 0 Å². The van der Waals surface area contributed by atoms with Crippen molar-refractivity contribution in [1.82, 2.24) is 0 Å². The average Bonchev–Trinajstić information content (AvgIpc) is 2.72. The number of benzene rings is 1. The highest BCUT2D eigenvalue weighted by Gasteiger charge is 2.56. The Kier molecular flexibility index (Phi) is 3.82. The van der Waals surface area contributed by atoms with E-state index in [1.807, 2.05) is 0 Å². The van der Waals surface area contributed by atoms with Crippen molar-refractivity contribution in [2.75, 3.05) is 0 Å². The van der Waals surface area contributed by atoms with Gasteiger partial charge in [-0.2, -0.15) is 0 Å². The van der Waals surface area contributed by atoms with Gasteiger partial charge >= 0.3 is 0 Å². The molecule has 1 saturated carbocycles. The lowest BCUT2D eigenvalue weighted by Gasteiger charge is -2.38. The average molecular weight is 303 g/mol. The summed E-state index contributed by atoms with van der Waals surface area (Å²) in [6.45, 7) is 9.78. The van der Waals surface area contributed by atoms with Gasteiger partial charge in [0, 0.05) is 0 Å². The molecule has 1 atom stereocenters. The second-order valence-corrected chi connectivity index (χ2v) is 13.0. The van der Waals surface area contributed by atoms with Crippen LogP contribution in [0.25, 0.3) is 0 Å². The van der Waals surface area contributed by atoms with Crippen LogP contribution >= 0.6 is 0 Å². The van der Waals surface area contributed by atoms with Crippen molar-refractivity contribution >= 4 is 13.3 Å². The molecule has 1 saturated heterocycles. The summed E-state index contributed by atoms with van der Waals surface area (Å²) in [5, 5.41) is 1.58. The number of hydrogen-bond donors (Lipinski definition) is 0. The van der Waals surface area contributed by atoms with E-state index >= 15 is 0 Å². The summed E-state index contributed by atoms with van der Waals surface area (Å²) in [4.78, 5) is 0. The van der Waals surface area contributed by atoms with Crippen molar-refractivity contribution in [3.8, 4) is 0 Å². The summed E-state index contributed by atoms with van der Waals surface area (Å²) in [6.07, 6.45) is 7.97. The van der Waals surface area contributed by atoms with Gasteiger partial charge in [-0.05, 0) is 38.7 Å². The van der Waals surface area contributed by atoms with Gasteiger partial charge in [0.15, 0.2) is 0 Å². The van der Waals surface area contributed by atoms with Gasteiger partial charge in [0.05, 0.1) is 19.3 Å². The fraction of sp³-hybridized carbons (Fsp3) is 0.684. The summed E-state index contributed by atoms with van der Waals surface area (Å²) in [7, 11) is -1.52. The molecule has 1 nitrogen and oxygen atoms in total. The Morgan fingerprint density at radius 2 is 1.62 bits per heavy atom. The zero-order valence-corrected chi connectivity index (χ0v) is 15.1. The third-order valence-electron chi connectivity index (χ3n) is 6.05. The second-order valence-electron chi connectivity index (χ2n) is 8.29. The Hall–Kier alpha value is -0.603. The highest BCUT2D eigenvalue weighted by molar-refractivity contribution is 6.91. The van der Waals surface area contributed by atoms with Crippen LogP contribution in [0.3, 0.4) is 0 Å². The van der Waals surface area contributed by atoms with Gasteiger partial charge in [-0.15, -0.1) is 0 Å². The van der Waals surface area contributed by atoms with Crippen molar-refractivity contribution in [3.63, 3.8) is 0 Å². The Morgan fingerprint density at radius 1 is 1.00 bits per heavy atom. The number of rotatable bonds is 2. The molecule has 1 aliphatic carbocycles. The summed E-state index contributed by atoms with van der Waals surface area (Å²) in [5.41, 5.74) is 0.944. The molecule has 1 spiro atoms. The standard InChI is InChI=1S/C19H30OSi/c1-18(2)17(15-19(20-18)13-9-6-10-14-19)21(3,4)16-11-7-5-8-12-16/h5,7-8,11-12,17H,6,9-10,13-15H2,1-4H3. The van der Waals surface area contributed by atoms with Crippen LogP contribution < -0.4 is 5.19 Å². The molecular formula is C19H30OSi. The minimum atomic E-state index is -1.52. The predicted molar refractivity (Wildman–Crippen MR) is 92.9 cm³/mol. The minimum absolute atomic E-state index is 0.0307. The third-order valence-corrected chi connectivity index (χ3v) is 10.5. The van der Waals surface area contributed by atoms with Gasteiger partial charge in [0.1, 0.15) is 0 Å². The molecule has 21 heavy (non-hydrogen) atoms. The van der Waals surface area contributed by atoms with E-state index in [2.05, 4.69) is 57.3 Å². The normalized spacial score (nSPS) is 27.9. The van der Waals surface area contributed by atoms with Gasteiger partial charge < -0.3 is 4.74 Å². The van der Waals surface area contributed by atoms with E-state index in [0.29, 0.717) is 5.54 Å². The molecule has 0 aromatic heterocycles. The molecule has 1 unspecified atom stereocenters. The minimum Gasteiger partial charge on any atom is -0.369 e. The van der Waals surface area contributed by atoms with Crippen LogP contribution in [0.4, 0.5) is 0 Å². The van der Waals surface area contributed by atoms with Crippen molar-refractivity contribution in [1.29, 1.82) is 0 Å². The summed E-state index contributed by atoms with van der Waals surface area (Å²) in [5.74, 6) is 0. The lowest BCUT2D eigenvalue weighted by Crippen LogP contribution is -2.51. The maximum atomic E-state index is 6.73. The molecule has 3 rings (SSSR count). The van der Waals surface area contributed by atoms with E-state index < -0.39 is 8.07 Å². The first-order valence-corrected chi connectivity index (χ1v) is 11.7.